The van der Waals surface area contributed by atoms with Gasteiger partial charge in [0.2, 0.25) is 0 Å². The molecular formula is C11H15F3N2O4. The van der Waals surface area contributed by atoms with Gasteiger partial charge in [-0.2, -0.15) is 13.2 Å². The molecule has 2 amide bonds. The van der Waals surface area contributed by atoms with Gasteiger partial charge in [0.25, 0.3) is 0 Å². The van der Waals surface area contributed by atoms with Gasteiger partial charge in [0.1, 0.15) is 13.1 Å². The van der Waals surface area contributed by atoms with Crippen molar-refractivity contribution in [1.82, 2.24) is 9.80 Å². The number of morpholine rings is 1. The van der Waals surface area contributed by atoms with Crippen LogP contribution in [0.1, 0.15) is 12.8 Å². The van der Waals surface area contributed by atoms with E-state index in [0.29, 0.717) is 4.90 Å². The third kappa shape index (κ3) is 3.75. The Labute approximate surface area is 113 Å². The van der Waals surface area contributed by atoms with E-state index in [1.165, 1.54) is 4.90 Å². The zero-order valence-corrected chi connectivity index (χ0v) is 10.6. The van der Waals surface area contributed by atoms with Crippen molar-refractivity contribution in [1.29, 1.82) is 0 Å². The van der Waals surface area contributed by atoms with Crippen LogP contribution in [0.3, 0.4) is 0 Å². The number of likely N-dealkylation sites (tertiary alicyclic amines) is 1. The number of amides is 2. The minimum absolute atomic E-state index is 0.157. The first-order chi connectivity index (χ1) is 9.24. The van der Waals surface area contributed by atoms with Gasteiger partial charge < -0.3 is 19.6 Å². The van der Waals surface area contributed by atoms with Crippen LogP contribution >= 0.6 is 0 Å². The second kappa shape index (κ2) is 5.47. The average Bonchev–Trinajstić information content (AvgIpc) is 2.64. The molecule has 0 aromatic carbocycles. The number of halogens is 3. The minimum atomic E-state index is -4.63. The number of carboxylic acid groups (broad SMARTS) is 1. The molecule has 0 spiro atoms. The van der Waals surface area contributed by atoms with E-state index in [2.05, 4.69) is 0 Å². The van der Waals surface area contributed by atoms with Crippen LogP contribution in [0.2, 0.25) is 0 Å². The lowest BCUT2D eigenvalue weighted by Gasteiger charge is -2.35. The molecule has 2 unspecified atom stereocenters. The predicted molar refractivity (Wildman–Crippen MR) is 60.1 cm³/mol. The fraction of sp³-hybridized carbons (Fsp3) is 0.818. The first-order valence-corrected chi connectivity index (χ1v) is 6.22. The lowest BCUT2D eigenvalue weighted by atomic mass is 10.2. The van der Waals surface area contributed by atoms with Crippen molar-refractivity contribution in [2.45, 2.75) is 31.2 Å². The van der Waals surface area contributed by atoms with E-state index in [0.717, 1.165) is 12.8 Å². The van der Waals surface area contributed by atoms with Crippen molar-refractivity contribution in [3.05, 3.63) is 0 Å². The van der Waals surface area contributed by atoms with Crippen LogP contribution in [-0.4, -0.2) is 71.5 Å². The molecule has 1 N–H and O–H groups in total. The van der Waals surface area contributed by atoms with Gasteiger partial charge in [-0.1, -0.05) is 0 Å². The van der Waals surface area contributed by atoms with Crippen molar-refractivity contribution in [2.75, 3.05) is 26.2 Å². The molecule has 0 saturated carbocycles. The molecule has 2 aliphatic heterocycles. The largest absolute Gasteiger partial charge is 0.480 e. The lowest BCUT2D eigenvalue weighted by molar-refractivity contribution is -0.150. The Kier molecular flexibility index (Phi) is 4.07. The van der Waals surface area contributed by atoms with Crippen LogP contribution < -0.4 is 0 Å². The highest BCUT2D eigenvalue weighted by molar-refractivity contribution is 5.80. The zero-order chi connectivity index (χ0) is 14.9. The van der Waals surface area contributed by atoms with Crippen LogP contribution in [0, 0.1) is 0 Å². The first-order valence-electron chi connectivity index (χ1n) is 6.22. The summed E-state index contributed by atoms with van der Waals surface area (Å²) in [5, 5.41) is 8.64. The van der Waals surface area contributed by atoms with E-state index in [1.54, 1.807) is 0 Å². The van der Waals surface area contributed by atoms with Gasteiger partial charge in [-0.15, -0.1) is 0 Å². The number of aliphatic carboxylic acids is 1. The summed E-state index contributed by atoms with van der Waals surface area (Å²) in [6.07, 6.45) is -3.40. The molecule has 2 rings (SSSR count). The molecule has 0 aromatic heterocycles. The Morgan fingerprint density at radius 3 is 2.25 bits per heavy atom. The van der Waals surface area contributed by atoms with E-state index in [4.69, 9.17) is 9.84 Å². The number of carbonyl (C=O) groups excluding carboxylic acids is 1. The number of alkyl halides is 3. The van der Waals surface area contributed by atoms with Gasteiger partial charge in [0, 0.05) is 13.1 Å². The summed E-state index contributed by atoms with van der Waals surface area (Å²) in [7, 11) is 0. The van der Waals surface area contributed by atoms with Crippen LogP contribution in [0.15, 0.2) is 0 Å². The number of carboxylic acids is 1. The highest BCUT2D eigenvalue weighted by Crippen LogP contribution is 2.27. The summed E-state index contributed by atoms with van der Waals surface area (Å²) < 4.78 is 42.7. The quantitative estimate of drug-likeness (QED) is 0.840. The number of rotatable bonds is 3. The smallest absolute Gasteiger partial charge is 0.406 e. The maximum absolute atomic E-state index is 12.4. The topological polar surface area (TPSA) is 70.1 Å². The maximum Gasteiger partial charge on any atom is 0.406 e. The molecule has 9 heteroatoms. The predicted octanol–water partition coefficient (Wildman–Crippen LogP) is 0.919. The molecule has 20 heavy (non-hydrogen) atoms. The second-order valence-corrected chi connectivity index (χ2v) is 5.01. The Hall–Kier alpha value is -1.51. The molecule has 2 atom stereocenters. The summed E-state index contributed by atoms with van der Waals surface area (Å²) in [5.74, 6) is -1.47. The molecule has 0 aromatic rings. The van der Waals surface area contributed by atoms with Crippen molar-refractivity contribution < 1.29 is 32.6 Å². The van der Waals surface area contributed by atoms with Crippen LogP contribution in [0.25, 0.3) is 0 Å². The second-order valence-electron chi connectivity index (χ2n) is 5.01. The molecule has 0 radical (unpaired) electrons. The summed E-state index contributed by atoms with van der Waals surface area (Å²) in [4.78, 5) is 24.2. The minimum Gasteiger partial charge on any atom is -0.480 e. The number of nitrogens with zero attached hydrogens (tertiary/aromatic N) is 2. The highest BCUT2D eigenvalue weighted by Gasteiger charge is 2.40. The molecule has 114 valence electrons. The van der Waals surface area contributed by atoms with E-state index >= 15 is 0 Å². The summed E-state index contributed by atoms with van der Waals surface area (Å²) in [6.45, 7) is -2.11. The molecule has 2 saturated heterocycles. The molecule has 2 heterocycles. The highest BCUT2D eigenvalue weighted by atomic mass is 19.4. The van der Waals surface area contributed by atoms with Gasteiger partial charge >= 0.3 is 18.2 Å². The molecule has 2 aliphatic rings. The normalized spacial score (nSPS) is 25.6. The monoisotopic (exact) mass is 296 g/mol. The molecule has 2 bridgehead atoms. The van der Waals surface area contributed by atoms with Crippen molar-refractivity contribution >= 4 is 12.0 Å². The maximum atomic E-state index is 12.4. The molecule has 2 fully saturated rings. The van der Waals surface area contributed by atoms with E-state index in [1.807, 2.05) is 0 Å². The summed E-state index contributed by atoms with van der Waals surface area (Å²) in [6, 6.07) is -0.898. The van der Waals surface area contributed by atoms with Crippen LogP contribution in [-0.2, 0) is 9.53 Å². The first kappa shape index (κ1) is 14.9. The third-order valence-corrected chi connectivity index (χ3v) is 3.28. The number of ether oxygens (including phenoxy) is 1. The molecule has 0 aliphatic carbocycles. The van der Waals surface area contributed by atoms with Crippen molar-refractivity contribution in [3.8, 4) is 0 Å². The van der Waals surface area contributed by atoms with Crippen LogP contribution in [0.5, 0.6) is 0 Å². The lowest BCUT2D eigenvalue weighted by Crippen LogP contribution is -2.54. The molecular weight excluding hydrogens is 281 g/mol. The molecule has 6 nitrogen and oxygen atoms in total. The fourth-order valence-corrected chi connectivity index (χ4v) is 2.54. The number of fused-ring (bicyclic) bond motifs is 2. The Morgan fingerprint density at radius 1 is 1.25 bits per heavy atom. The standard InChI is InChI=1S/C11H15F3N2O4/c12-11(13,14)6-16(5-9(17)18)10(19)15-3-7-1-2-8(4-15)20-7/h7-8H,1-6H2,(H,17,18). The van der Waals surface area contributed by atoms with E-state index < -0.39 is 31.3 Å². The van der Waals surface area contributed by atoms with Gasteiger partial charge in [-0.25, -0.2) is 4.79 Å². The van der Waals surface area contributed by atoms with Crippen molar-refractivity contribution in [3.63, 3.8) is 0 Å². The number of hydrogen-bond acceptors (Lipinski definition) is 3. The Morgan fingerprint density at radius 2 is 1.80 bits per heavy atom. The SMILES string of the molecule is O=C(O)CN(CC(F)(F)F)C(=O)N1CC2CCC(C1)O2. The third-order valence-electron chi connectivity index (χ3n) is 3.28. The number of urea groups is 1. The van der Waals surface area contributed by atoms with Crippen molar-refractivity contribution in [2.24, 2.45) is 0 Å². The zero-order valence-electron chi connectivity index (χ0n) is 10.6. The summed E-state index contributed by atoms with van der Waals surface area (Å²) >= 11 is 0. The Bertz CT molecular complexity index is 390. The summed E-state index contributed by atoms with van der Waals surface area (Å²) in [5.41, 5.74) is 0. The number of hydrogen-bond donors (Lipinski definition) is 1. The van der Waals surface area contributed by atoms with Gasteiger partial charge in [-0.3, -0.25) is 4.79 Å². The average molecular weight is 296 g/mol. The van der Waals surface area contributed by atoms with Gasteiger partial charge in [-0.05, 0) is 12.8 Å². The fourth-order valence-electron chi connectivity index (χ4n) is 2.54. The van der Waals surface area contributed by atoms with E-state index in [-0.39, 0.29) is 25.3 Å². The Balaban J connectivity index is 2.03. The number of carbonyl (C=O) groups is 2. The van der Waals surface area contributed by atoms with Gasteiger partial charge in [0.05, 0.1) is 12.2 Å². The van der Waals surface area contributed by atoms with Gasteiger partial charge in [0.15, 0.2) is 0 Å². The van der Waals surface area contributed by atoms with E-state index in [9.17, 15) is 22.8 Å². The van der Waals surface area contributed by atoms with Crippen LogP contribution in [0.4, 0.5) is 18.0 Å².